The van der Waals surface area contributed by atoms with Crippen molar-refractivity contribution in [1.82, 2.24) is 10.6 Å². The van der Waals surface area contributed by atoms with Gasteiger partial charge in [0, 0.05) is 7.05 Å². The summed E-state index contributed by atoms with van der Waals surface area (Å²) in [6.07, 6.45) is 8.44. The molecule has 2 N–H and O–H groups in total. The largest absolute Gasteiger partial charge is 0.497 e. The Balaban J connectivity index is 2.84. The molecule has 0 aliphatic carbocycles. The average molecular weight is 470 g/mol. The van der Waals surface area contributed by atoms with Gasteiger partial charge in [0.2, 0.25) is 5.91 Å². The number of benzene rings is 1. The van der Waals surface area contributed by atoms with Crippen LogP contribution in [0.5, 0.6) is 5.75 Å². The Bertz CT molecular complexity index is 803. The van der Waals surface area contributed by atoms with E-state index in [2.05, 4.69) is 21.9 Å². The smallest absolute Gasteiger partial charge is 0.311 e. The van der Waals surface area contributed by atoms with Crippen LogP contribution in [0.3, 0.4) is 0 Å². The van der Waals surface area contributed by atoms with Gasteiger partial charge < -0.3 is 15.4 Å². The van der Waals surface area contributed by atoms with Crippen LogP contribution in [0.1, 0.15) is 76.2 Å². The number of methoxy groups -OCH3 is 1. The number of rotatable bonds is 14. The molecule has 0 aromatic heterocycles. The highest BCUT2D eigenvalue weighted by Gasteiger charge is 2.23. The lowest BCUT2D eigenvalue weighted by atomic mass is 9.90. The van der Waals surface area contributed by atoms with Crippen molar-refractivity contribution in [1.29, 1.82) is 0 Å². The van der Waals surface area contributed by atoms with E-state index in [1.54, 1.807) is 26.3 Å². The Morgan fingerprint density at radius 1 is 1.06 bits per heavy atom. The third-order valence-electron chi connectivity index (χ3n) is 5.21. The van der Waals surface area contributed by atoms with E-state index in [9.17, 15) is 13.2 Å². The van der Waals surface area contributed by atoms with Gasteiger partial charge in [0.1, 0.15) is 5.75 Å². The minimum absolute atomic E-state index is 0.230. The lowest BCUT2D eigenvalue weighted by Crippen LogP contribution is -2.40. The molecule has 0 radical (unpaired) electrons. The van der Waals surface area contributed by atoms with E-state index in [0.29, 0.717) is 25.0 Å². The number of hydrogen-bond donors (Lipinski definition) is 2. The van der Waals surface area contributed by atoms with E-state index < -0.39 is 16.4 Å². The summed E-state index contributed by atoms with van der Waals surface area (Å²) < 4.78 is 31.5. The number of nitrogens with zero attached hydrogens (tertiary/aromatic N) is 1. The number of thiocarbonyl (C=S) groups is 1. The SMILES string of the molecule is CCCCCCCCC(CCC(C(=O)NC(=S)NC)c1ccc(OC)cc1)N=S(=O)=O. The number of amides is 1. The summed E-state index contributed by atoms with van der Waals surface area (Å²) in [6, 6.07) is 6.97. The molecule has 0 spiro atoms. The standard InChI is InChI=1S/C22H35N3O4S2/c1-4-5-6-7-8-9-10-18(25-31(27)28)13-16-20(21(26)24-22(30)23-2)17-11-14-19(29-3)15-12-17/h11-12,14-15,18,20H,4-10,13,16H2,1-3H3,(H2,23,24,26,30). The zero-order valence-electron chi connectivity index (χ0n) is 18.7. The normalized spacial score (nSPS) is 12.5. The number of unbranched alkanes of at least 4 members (excludes halogenated alkanes) is 5. The number of nitrogens with one attached hydrogen (secondary N) is 2. The van der Waals surface area contributed by atoms with Crippen LogP contribution >= 0.6 is 12.2 Å². The minimum atomic E-state index is -2.46. The molecule has 1 rings (SSSR count). The molecule has 31 heavy (non-hydrogen) atoms. The molecule has 0 fully saturated rings. The second-order valence-corrected chi connectivity index (χ2v) is 8.56. The summed E-state index contributed by atoms with van der Waals surface area (Å²) in [5, 5.41) is 5.68. The summed E-state index contributed by atoms with van der Waals surface area (Å²) in [4.78, 5) is 12.8. The molecule has 0 saturated heterocycles. The maximum absolute atomic E-state index is 12.8. The number of carbonyl (C=O) groups excluding carboxylic acids is 1. The molecule has 1 aromatic rings. The van der Waals surface area contributed by atoms with E-state index in [1.165, 1.54) is 19.3 Å². The summed E-state index contributed by atoms with van der Waals surface area (Å²) in [7, 11) is 0.765. The van der Waals surface area contributed by atoms with Crippen molar-refractivity contribution in [3.63, 3.8) is 0 Å². The Kier molecular flexibility index (Phi) is 13.7. The van der Waals surface area contributed by atoms with Crippen LogP contribution < -0.4 is 15.4 Å². The average Bonchev–Trinajstić information content (AvgIpc) is 2.75. The topological polar surface area (TPSA) is 96.9 Å². The number of ether oxygens (including phenoxy) is 1. The van der Waals surface area contributed by atoms with E-state index in [-0.39, 0.29) is 17.1 Å². The van der Waals surface area contributed by atoms with Gasteiger partial charge in [-0.05, 0) is 49.2 Å². The molecule has 7 nitrogen and oxygen atoms in total. The van der Waals surface area contributed by atoms with Crippen molar-refractivity contribution in [2.24, 2.45) is 4.36 Å². The summed E-state index contributed by atoms with van der Waals surface area (Å²) in [5.41, 5.74) is 0.818. The lowest BCUT2D eigenvalue weighted by molar-refractivity contribution is -0.121. The molecule has 0 aliphatic heterocycles. The van der Waals surface area contributed by atoms with Gasteiger partial charge in [-0.2, -0.15) is 12.8 Å². The first-order valence-electron chi connectivity index (χ1n) is 10.9. The molecule has 1 amide bonds. The van der Waals surface area contributed by atoms with Crippen molar-refractivity contribution >= 4 is 33.7 Å². The third kappa shape index (κ3) is 11.3. The van der Waals surface area contributed by atoms with Crippen molar-refractivity contribution < 1.29 is 17.9 Å². The zero-order valence-corrected chi connectivity index (χ0v) is 20.4. The fourth-order valence-electron chi connectivity index (χ4n) is 3.44. The van der Waals surface area contributed by atoms with Crippen LogP contribution in [0, 0.1) is 0 Å². The summed E-state index contributed by atoms with van der Waals surface area (Å²) >= 11 is 5.07. The van der Waals surface area contributed by atoms with Gasteiger partial charge >= 0.3 is 10.5 Å². The van der Waals surface area contributed by atoms with Gasteiger partial charge in [0.05, 0.1) is 19.1 Å². The predicted octanol–water partition coefficient (Wildman–Crippen LogP) is 4.36. The van der Waals surface area contributed by atoms with Crippen molar-refractivity contribution in [3.05, 3.63) is 29.8 Å². The highest BCUT2D eigenvalue weighted by Crippen LogP contribution is 2.26. The fourth-order valence-corrected chi connectivity index (χ4v) is 3.99. The molecule has 0 heterocycles. The molecule has 9 heteroatoms. The van der Waals surface area contributed by atoms with Gasteiger partial charge in [-0.1, -0.05) is 57.6 Å². The second kappa shape index (κ2) is 15.8. The summed E-state index contributed by atoms with van der Waals surface area (Å²) in [5.74, 6) is -0.00280. The van der Waals surface area contributed by atoms with E-state index >= 15 is 0 Å². The predicted molar refractivity (Wildman–Crippen MR) is 128 cm³/mol. The van der Waals surface area contributed by atoms with Gasteiger partial charge in [0.15, 0.2) is 5.11 Å². The number of hydrogen-bond acceptors (Lipinski definition) is 6. The van der Waals surface area contributed by atoms with E-state index in [1.807, 2.05) is 12.1 Å². The molecule has 0 saturated carbocycles. The van der Waals surface area contributed by atoms with Crippen LogP contribution in [0.25, 0.3) is 0 Å². The monoisotopic (exact) mass is 469 g/mol. The second-order valence-electron chi connectivity index (χ2n) is 7.50. The molecule has 0 aliphatic rings. The Morgan fingerprint density at radius 3 is 2.29 bits per heavy atom. The quantitative estimate of drug-likeness (QED) is 0.310. The number of carbonyl (C=O) groups is 1. The molecule has 1 aromatic carbocycles. The van der Waals surface area contributed by atoms with Crippen LogP contribution in [0.4, 0.5) is 0 Å². The van der Waals surface area contributed by atoms with Crippen LogP contribution in [0.2, 0.25) is 0 Å². The van der Waals surface area contributed by atoms with Gasteiger partial charge in [0.25, 0.3) is 0 Å². The Labute approximate surface area is 193 Å². The van der Waals surface area contributed by atoms with Crippen molar-refractivity contribution in [2.75, 3.05) is 14.2 Å². The van der Waals surface area contributed by atoms with Crippen molar-refractivity contribution in [3.8, 4) is 5.75 Å². The first-order chi connectivity index (χ1) is 14.9. The third-order valence-corrected chi connectivity index (χ3v) is 5.99. The van der Waals surface area contributed by atoms with Gasteiger partial charge in [-0.25, -0.2) is 0 Å². The minimum Gasteiger partial charge on any atom is -0.497 e. The Morgan fingerprint density at radius 2 is 1.71 bits per heavy atom. The first kappa shape index (κ1) is 27.0. The van der Waals surface area contributed by atoms with E-state index in [0.717, 1.165) is 24.8 Å². The maximum atomic E-state index is 12.8. The van der Waals surface area contributed by atoms with Gasteiger partial charge in [-0.15, -0.1) is 0 Å². The fraction of sp³-hybridized carbons (Fsp3) is 0.636. The Hall–Kier alpha value is -2.00. The highest BCUT2D eigenvalue weighted by molar-refractivity contribution is 7.80. The first-order valence-corrected chi connectivity index (χ1v) is 12.3. The molecular formula is C22H35N3O4S2. The highest BCUT2D eigenvalue weighted by atomic mass is 32.2. The molecule has 0 bridgehead atoms. The zero-order chi connectivity index (χ0) is 23.1. The van der Waals surface area contributed by atoms with Gasteiger partial charge in [-0.3, -0.25) is 4.79 Å². The van der Waals surface area contributed by atoms with E-state index in [4.69, 9.17) is 17.0 Å². The maximum Gasteiger partial charge on any atom is 0.311 e. The summed E-state index contributed by atoms with van der Waals surface area (Å²) in [6.45, 7) is 2.18. The van der Waals surface area contributed by atoms with Crippen molar-refractivity contribution in [2.45, 2.75) is 76.7 Å². The molecular weight excluding hydrogens is 434 g/mol. The molecule has 2 atom stereocenters. The molecule has 2 unspecified atom stereocenters. The molecule has 174 valence electrons. The lowest BCUT2D eigenvalue weighted by Gasteiger charge is -2.19. The van der Waals surface area contributed by atoms with Crippen LogP contribution in [0.15, 0.2) is 28.6 Å². The van der Waals surface area contributed by atoms with Crippen LogP contribution in [-0.2, 0) is 15.3 Å². The van der Waals surface area contributed by atoms with Crippen LogP contribution in [-0.4, -0.2) is 39.6 Å².